The highest BCUT2D eigenvalue weighted by atomic mass is 14.3. The first-order valence-electron chi connectivity index (χ1n) is 3.97. The maximum Gasteiger partial charge on any atom is 0.130 e. The van der Waals surface area contributed by atoms with Crippen LogP contribution in [0.2, 0.25) is 0 Å². The van der Waals surface area contributed by atoms with Gasteiger partial charge < -0.3 is 0 Å². The number of allylic oxidation sites excluding steroid dienone is 1. The topological polar surface area (TPSA) is 47.6 Å². The van der Waals surface area contributed by atoms with Crippen LogP contribution in [0.1, 0.15) is 11.1 Å². The summed E-state index contributed by atoms with van der Waals surface area (Å²) in [5, 5.41) is 17.0. The fraction of sp³-hybridized carbons (Fsp3) is 0. The van der Waals surface area contributed by atoms with Gasteiger partial charge in [0.15, 0.2) is 0 Å². The Hall–Kier alpha value is -2.32. The quantitative estimate of drug-likeness (QED) is 0.655. The Morgan fingerprint density at radius 2 is 1.57 bits per heavy atom. The summed E-state index contributed by atoms with van der Waals surface area (Å²) in [5.41, 5.74) is 1.81. The van der Waals surface area contributed by atoms with Crippen molar-refractivity contribution in [3.8, 4) is 12.1 Å². The first-order valence-corrected chi connectivity index (χ1v) is 3.97. The van der Waals surface area contributed by atoms with Gasteiger partial charge in [0.05, 0.1) is 0 Å². The van der Waals surface area contributed by atoms with E-state index < -0.39 is 0 Å². The van der Waals surface area contributed by atoms with E-state index in [2.05, 4.69) is 0 Å². The minimum absolute atomic E-state index is 0.0921. The van der Waals surface area contributed by atoms with E-state index in [4.69, 9.17) is 17.1 Å². The van der Waals surface area contributed by atoms with Gasteiger partial charge in [-0.25, -0.2) is 0 Å². The van der Waals surface area contributed by atoms with Gasteiger partial charge in [-0.1, -0.05) is 36.9 Å². The lowest BCUT2D eigenvalue weighted by molar-refractivity contribution is 1.47. The molecule has 1 aromatic rings. The van der Waals surface area contributed by atoms with Gasteiger partial charge in [0.25, 0.3) is 0 Å². The lowest BCUT2D eigenvalue weighted by Gasteiger charge is -1.94. The second-order valence-electron chi connectivity index (χ2n) is 2.61. The van der Waals surface area contributed by atoms with Gasteiger partial charge in [-0.05, 0) is 17.2 Å². The first-order chi connectivity index (χ1) is 6.80. The molecule has 0 amide bonds. The predicted octanol–water partition coefficient (Wildman–Crippen LogP) is 2.56. The molecular formula is C12H7N2. The molecule has 1 radical (unpaired) electrons. The van der Waals surface area contributed by atoms with Crippen LogP contribution in [0.3, 0.4) is 0 Å². The van der Waals surface area contributed by atoms with Crippen LogP contribution < -0.4 is 0 Å². The maximum atomic E-state index is 8.52. The number of hydrogen-bond acceptors (Lipinski definition) is 2. The smallest absolute Gasteiger partial charge is 0.130 e. The SMILES string of the molecule is [CH]=Cc1ccc(C=C(C#N)C#N)cc1. The molecule has 0 fully saturated rings. The Morgan fingerprint density at radius 1 is 1.07 bits per heavy atom. The molecule has 0 saturated carbocycles. The van der Waals surface area contributed by atoms with Crippen LogP contribution >= 0.6 is 0 Å². The second-order valence-corrected chi connectivity index (χ2v) is 2.61. The maximum absolute atomic E-state index is 8.52. The molecule has 0 aromatic heterocycles. The van der Waals surface area contributed by atoms with Gasteiger partial charge >= 0.3 is 0 Å². The predicted molar refractivity (Wildman–Crippen MR) is 54.4 cm³/mol. The third kappa shape index (κ3) is 2.33. The van der Waals surface area contributed by atoms with Gasteiger partial charge in [-0.15, -0.1) is 0 Å². The van der Waals surface area contributed by atoms with Crippen LogP contribution in [0, 0.1) is 29.2 Å². The molecule has 1 rings (SSSR count). The van der Waals surface area contributed by atoms with Crippen molar-refractivity contribution in [1.29, 1.82) is 10.5 Å². The third-order valence-electron chi connectivity index (χ3n) is 1.68. The Balaban J connectivity index is 3.01. The van der Waals surface area contributed by atoms with E-state index in [1.807, 2.05) is 12.1 Å². The fourth-order valence-corrected chi connectivity index (χ4v) is 0.960. The number of nitrogens with zero attached hydrogens (tertiary/aromatic N) is 2. The molecule has 0 heterocycles. The van der Waals surface area contributed by atoms with Gasteiger partial charge in [0.1, 0.15) is 17.7 Å². The highest BCUT2D eigenvalue weighted by Gasteiger charge is 1.93. The zero-order valence-corrected chi connectivity index (χ0v) is 7.44. The molecule has 0 aliphatic heterocycles. The molecule has 0 N–H and O–H groups in total. The zero-order valence-electron chi connectivity index (χ0n) is 7.44. The Bertz CT molecular complexity index is 423. The van der Waals surface area contributed by atoms with Crippen molar-refractivity contribution < 1.29 is 0 Å². The van der Waals surface area contributed by atoms with Gasteiger partial charge in [-0.3, -0.25) is 0 Å². The normalized spacial score (nSPS) is 8.14. The van der Waals surface area contributed by atoms with Crippen molar-refractivity contribution >= 4 is 12.2 Å². The minimum atomic E-state index is 0.0921. The van der Waals surface area contributed by atoms with Gasteiger partial charge in [-0.2, -0.15) is 10.5 Å². The number of hydrogen-bond donors (Lipinski definition) is 0. The zero-order chi connectivity index (χ0) is 10.4. The summed E-state index contributed by atoms with van der Waals surface area (Å²) in [4.78, 5) is 0. The minimum Gasteiger partial charge on any atom is -0.192 e. The number of benzene rings is 1. The summed E-state index contributed by atoms with van der Waals surface area (Å²) < 4.78 is 0. The summed E-state index contributed by atoms with van der Waals surface area (Å²) >= 11 is 0. The number of nitriles is 2. The second kappa shape index (κ2) is 4.64. The van der Waals surface area contributed by atoms with Crippen molar-refractivity contribution in [3.05, 3.63) is 47.5 Å². The van der Waals surface area contributed by atoms with E-state index in [0.29, 0.717) is 0 Å². The van der Waals surface area contributed by atoms with Gasteiger partial charge in [0.2, 0.25) is 0 Å². The molecule has 0 aliphatic rings. The van der Waals surface area contributed by atoms with E-state index in [-0.39, 0.29) is 5.57 Å². The first kappa shape index (κ1) is 9.77. The van der Waals surface area contributed by atoms with Crippen molar-refractivity contribution in [2.45, 2.75) is 0 Å². The molecule has 0 aliphatic carbocycles. The summed E-state index contributed by atoms with van der Waals surface area (Å²) in [6.45, 7) is 5.31. The number of rotatable bonds is 2. The molecule has 65 valence electrons. The summed E-state index contributed by atoms with van der Waals surface area (Å²) in [6.07, 6.45) is 3.02. The van der Waals surface area contributed by atoms with Crippen molar-refractivity contribution in [1.82, 2.24) is 0 Å². The lowest BCUT2D eigenvalue weighted by Crippen LogP contribution is -1.76. The van der Waals surface area contributed by atoms with E-state index in [9.17, 15) is 0 Å². The Labute approximate surface area is 83.0 Å². The van der Waals surface area contributed by atoms with E-state index in [0.717, 1.165) is 11.1 Å². The summed E-state index contributed by atoms with van der Waals surface area (Å²) in [5.74, 6) is 0. The average Bonchev–Trinajstić information content (AvgIpc) is 2.26. The third-order valence-corrected chi connectivity index (χ3v) is 1.68. The highest BCUT2D eigenvalue weighted by molar-refractivity contribution is 5.63. The molecule has 0 unspecified atom stereocenters. The monoisotopic (exact) mass is 179 g/mol. The van der Waals surface area contributed by atoms with Crippen LogP contribution in [0.25, 0.3) is 12.2 Å². The average molecular weight is 179 g/mol. The lowest BCUT2D eigenvalue weighted by atomic mass is 10.1. The molecular weight excluding hydrogens is 172 g/mol. The molecule has 2 heteroatoms. The largest absolute Gasteiger partial charge is 0.192 e. The molecule has 1 aromatic carbocycles. The van der Waals surface area contributed by atoms with Gasteiger partial charge in [0, 0.05) is 0 Å². The fourth-order valence-electron chi connectivity index (χ4n) is 0.960. The standard InChI is InChI=1S/C12H7N2/c1-2-10-3-5-11(6-4-10)7-12(8-13)9-14/h1-7H. The van der Waals surface area contributed by atoms with Crippen molar-refractivity contribution in [2.75, 3.05) is 0 Å². The van der Waals surface area contributed by atoms with Crippen molar-refractivity contribution in [3.63, 3.8) is 0 Å². The summed E-state index contributed by atoms with van der Waals surface area (Å²) in [6, 6.07) is 10.8. The molecule has 2 nitrogen and oxygen atoms in total. The van der Waals surface area contributed by atoms with Crippen LogP contribution in [-0.4, -0.2) is 0 Å². The van der Waals surface area contributed by atoms with E-state index >= 15 is 0 Å². The van der Waals surface area contributed by atoms with Crippen molar-refractivity contribution in [2.24, 2.45) is 0 Å². The molecule has 0 atom stereocenters. The Morgan fingerprint density at radius 3 is 2.00 bits per heavy atom. The summed E-state index contributed by atoms with van der Waals surface area (Å²) in [7, 11) is 0. The van der Waals surface area contributed by atoms with Crippen LogP contribution in [-0.2, 0) is 0 Å². The van der Waals surface area contributed by atoms with E-state index in [1.165, 1.54) is 12.2 Å². The molecule has 0 saturated heterocycles. The highest BCUT2D eigenvalue weighted by Crippen LogP contribution is 2.08. The van der Waals surface area contributed by atoms with Crippen LogP contribution in [0.5, 0.6) is 0 Å². The van der Waals surface area contributed by atoms with Crippen LogP contribution in [0.15, 0.2) is 29.8 Å². The molecule has 0 bridgehead atoms. The molecule has 14 heavy (non-hydrogen) atoms. The van der Waals surface area contributed by atoms with Crippen LogP contribution in [0.4, 0.5) is 0 Å². The van der Waals surface area contributed by atoms with E-state index in [1.54, 1.807) is 24.3 Å². The Kier molecular flexibility index (Phi) is 3.24. The molecule has 0 spiro atoms.